The lowest BCUT2D eigenvalue weighted by atomic mass is 9.98. The molecule has 0 unspecified atom stereocenters. The number of nitrogens with one attached hydrogen (secondary N) is 1. The minimum absolute atomic E-state index is 0.0281. The highest BCUT2D eigenvalue weighted by Gasteiger charge is 2.42. The molecule has 1 aliphatic heterocycles. The van der Waals surface area contributed by atoms with Crippen molar-refractivity contribution in [2.75, 3.05) is 26.2 Å². The Balaban J connectivity index is 1.81. The number of fused-ring (bicyclic) bond motifs is 2. The van der Waals surface area contributed by atoms with E-state index >= 15 is 0 Å². The van der Waals surface area contributed by atoms with Gasteiger partial charge < -0.3 is 14.2 Å². The van der Waals surface area contributed by atoms with Crippen molar-refractivity contribution < 1.29 is 19.0 Å². The molecule has 3 aromatic rings. The van der Waals surface area contributed by atoms with E-state index < -0.39 is 11.0 Å². The normalized spacial score (nSPS) is 15.5. The van der Waals surface area contributed by atoms with E-state index in [9.17, 15) is 19.7 Å². The zero-order chi connectivity index (χ0) is 22.8. The molecular weight excluding hydrogens is 410 g/mol. The fourth-order valence-corrected chi connectivity index (χ4v) is 4.46. The first-order chi connectivity index (χ1) is 15.5. The molecule has 0 spiro atoms. The molecule has 166 valence electrons. The van der Waals surface area contributed by atoms with Crippen molar-refractivity contribution in [2.24, 2.45) is 0 Å². The van der Waals surface area contributed by atoms with Crippen molar-refractivity contribution in [3.05, 3.63) is 85.8 Å². The first-order valence-corrected chi connectivity index (χ1v) is 10.9. The van der Waals surface area contributed by atoms with Gasteiger partial charge in [-0.25, -0.2) is 0 Å². The summed E-state index contributed by atoms with van der Waals surface area (Å²) in [6, 6.07) is 12.2. The lowest BCUT2D eigenvalue weighted by Gasteiger charge is -2.25. The zero-order valence-corrected chi connectivity index (χ0v) is 18.2. The highest BCUT2D eigenvalue weighted by atomic mass is 16.6. The average Bonchev–Trinajstić information content (AvgIpc) is 3.09. The topological polar surface area (TPSA) is 98.1 Å². The van der Waals surface area contributed by atoms with Crippen LogP contribution in [-0.4, -0.2) is 41.9 Å². The fraction of sp³-hybridized carbons (Fsp3) is 0.333. The van der Waals surface area contributed by atoms with Gasteiger partial charge in [-0.1, -0.05) is 24.3 Å². The van der Waals surface area contributed by atoms with Gasteiger partial charge in [-0.2, -0.15) is 0 Å². The molecule has 1 aromatic heterocycles. The number of non-ortho nitro benzene ring substituents is 1. The number of nitro groups is 1. The number of hydrogen-bond acceptors (Lipinski definition) is 5. The Morgan fingerprint density at radius 1 is 1.09 bits per heavy atom. The summed E-state index contributed by atoms with van der Waals surface area (Å²) in [6.07, 6.45) is 0.746. The molecule has 1 aliphatic rings. The third-order valence-electron chi connectivity index (χ3n) is 6.20. The summed E-state index contributed by atoms with van der Waals surface area (Å²) in [5.41, 5.74) is 0.787. The molecule has 2 heterocycles. The minimum Gasteiger partial charge on any atom is -0.450 e. The lowest BCUT2D eigenvalue weighted by Crippen LogP contribution is -3.11. The van der Waals surface area contributed by atoms with Crippen LogP contribution >= 0.6 is 0 Å². The van der Waals surface area contributed by atoms with Crippen molar-refractivity contribution in [3.8, 4) is 0 Å². The van der Waals surface area contributed by atoms with Gasteiger partial charge in [0.25, 0.3) is 11.6 Å². The van der Waals surface area contributed by atoms with Crippen LogP contribution in [0.15, 0.2) is 57.7 Å². The fourth-order valence-electron chi connectivity index (χ4n) is 4.46. The quantitative estimate of drug-likeness (QED) is 0.432. The number of quaternary nitrogens is 1. The monoisotopic (exact) mass is 436 g/mol. The number of amides is 1. The number of carbonyl (C=O) groups is 1. The van der Waals surface area contributed by atoms with Gasteiger partial charge in [0.05, 0.1) is 41.5 Å². The van der Waals surface area contributed by atoms with Crippen LogP contribution in [0.4, 0.5) is 5.69 Å². The van der Waals surface area contributed by atoms with Crippen molar-refractivity contribution >= 4 is 22.6 Å². The number of carbonyl (C=O) groups excluding carboxylic acids is 1. The molecule has 8 nitrogen and oxygen atoms in total. The molecule has 8 heteroatoms. The third-order valence-corrected chi connectivity index (χ3v) is 6.20. The Bertz CT molecular complexity index is 1230. The van der Waals surface area contributed by atoms with Gasteiger partial charge >= 0.3 is 0 Å². The molecule has 4 rings (SSSR count). The largest absolute Gasteiger partial charge is 0.450 e. The predicted molar refractivity (Wildman–Crippen MR) is 120 cm³/mol. The van der Waals surface area contributed by atoms with E-state index in [4.69, 9.17) is 4.42 Å². The van der Waals surface area contributed by atoms with Crippen molar-refractivity contribution in [1.82, 2.24) is 4.90 Å². The molecule has 1 amide bonds. The van der Waals surface area contributed by atoms with Gasteiger partial charge in [0.15, 0.2) is 5.43 Å². The molecule has 32 heavy (non-hydrogen) atoms. The molecule has 1 N–H and O–H groups in total. The van der Waals surface area contributed by atoms with Crippen LogP contribution in [0, 0.1) is 10.1 Å². The molecule has 0 fully saturated rings. The molecule has 0 aliphatic carbocycles. The van der Waals surface area contributed by atoms with Crippen LogP contribution < -0.4 is 10.3 Å². The average molecular weight is 436 g/mol. The predicted octanol–water partition coefficient (Wildman–Crippen LogP) is 2.56. The summed E-state index contributed by atoms with van der Waals surface area (Å²) in [4.78, 5) is 40.7. The van der Waals surface area contributed by atoms with Crippen molar-refractivity contribution in [1.29, 1.82) is 0 Å². The number of hydrogen-bond donors (Lipinski definition) is 1. The van der Waals surface area contributed by atoms with Crippen LogP contribution in [0.3, 0.4) is 0 Å². The lowest BCUT2D eigenvalue weighted by molar-refractivity contribution is -0.896. The van der Waals surface area contributed by atoms with Crippen LogP contribution in [0.25, 0.3) is 11.0 Å². The number of nitro benzene ring substituents is 1. The van der Waals surface area contributed by atoms with Crippen LogP contribution in [0.5, 0.6) is 0 Å². The van der Waals surface area contributed by atoms with Gasteiger partial charge in [-0.05, 0) is 31.5 Å². The maximum atomic E-state index is 13.4. The molecule has 1 atom stereocenters. The number of rotatable bonds is 8. The van der Waals surface area contributed by atoms with Crippen LogP contribution in [0.2, 0.25) is 0 Å². The van der Waals surface area contributed by atoms with E-state index in [0.717, 1.165) is 26.1 Å². The molecule has 0 bridgehead atoms. The Labute approximate surface area is 185 Å². The Kier molecular flexibility index (Phi) is 6.05. The standard InChI is InChI=1S/C24H25N3O5/c1-3-25(4-2)13-8-14-26-21(16-9-7-10-17(15-16)27(30)31)20-22(28)18-11-5-6-12-19(18)32-23(20)24(26)29/h5-7,9-12,15,21H,3-4,8,13-14H2,1-2H3/p+1/t21-/m1/s1. The van der Waals surface area contributed by atoms with Crippen LogP contribution in [0.1, 0.15) is 48.0 Å². The zero-order valence-electron chi connectivity index (χ0n) is 18.2. The van der Waals surface area contributed by atoms with E-state index in [1.165, 1.54) is 17.0 Å². The van der Waals surface area contributed by atoms with E-state index in [1.807, 2.05) is 0 Å². The van der Waals surface area contributed by atoms with Crippen LogP contribution in [-0.2, 0) is 0 Å². The van der Waals surface area contributed by atoms with Gasteiger partial charge in [-0.3, -0.25) is 19.7 Å². The van der Waals surface area contributed by atoms with Gasteiger partial charge in [0.2, 0.25) is 5.76 Å². The summed E-state index contributed by atoms with van der Waals surface area (Å²) in [5, 5.41) is 11.7. The Morgan fingerprint density at radius 2 is 1.84 bits per heavy atom. The highest BCUT2D eigenvalue weighted by molar-refractivity contribution is 5.99. The van der Waals surface area contributed by atoms with E-state index in [0.29, 0.717) is 23.1 Å². The number of para-hydroxylation sites is 1. The Hall–Kier alpha value is -3.52. The van der Waals surface area contributed by atoms with E-state index in [1.54, 1.807) is 41.3 Å². The molecule has 0 saturated heterocycles. The van der Waals surface area contributed by atoms with Gasteiger partial charge in [0, 0.05) is 25.1 Å². The summed E-state index contributed by atoms with van der Waals surface area (Å²) in [7, 11) is 0. The van der Waals surface area contributed by atoms with Crippen molar-refractivity contribution in [2.45, 2.75) is 26.3 Å². The van der Waals surface area contributed by atoms with E-state index in [2.05, 4.69) is 13.8 Å². The molecule has 0 radical (unpaired) electrons. The first kappa shape index (κ1) is 21.7. The maximum absolute atomic E-state index is 13.4. The third kappa shape index (κ3) is 3.78. The summed E-state index contributed by atoms with van der Waals surface area (Å²) < 4.78 is 5.90. The number of benzene rings is 2. The first-order valence-electron chi connectivity index (χ1n) is 10.9. The van der Waals surface area contributed by atoms with Gasteiger partial charge in [0.1, 0.15) is 5.58 Å². The second kappa shape index (κ2) is 8.92. The SMILES string of the molecule is CC[NH+](CC)CCCN1C(=O)c2oc3ccccc3c(=O)c2[C@H]1c1cccc([N+](=O)[O-])c1. The molecular formula is C24H26N3O5+. The Morgan fingerprint density at radius 3 is 2.56 bits per heavy atom. The summed E-state index contributed by atoms with van der Waals surface area (Å²) >= 11 is 0. The number of nitrogens with zero attached hydrogens (tertiary/aromatic N) is 2. The smallest absolute Gasteiger partial charge is 0.290 e. The summed E-state index contributed by atoms with van der Waals surface area (Å²) in [6.45, 7) is 7.54. The second-order valence-electron chi connectivity index (χ2n) is 7.98. The highest BCUT2D eigenvalue weighted by Crippen LogP contribution is 2.38. The second-order valence-corrected chi connectivity index (χ2v) is 7.98. The molecule has 0 saturated carbocycles. The minimum atomic E-state index is -0.718. The van der Waals surface area contributed by atoms with Crippen molar-refractivity contribution in [3.63, 3.8) is 0 Å². The van der Waals surface area contributed by atoms with Gasteiger partial charge in [-0.15, -0.1) is 0 Å². The van der Waals surface area contributed by atoms with E-state index in [-0.39, 0.29) is 28.3 Å². The maximum Gasteiger partial charge on any atom is 0.290 e. The summed E-state index contributed by atoms with van der Waals surface area (Å²) in [5.74, 6) is -0.325. The molecule has 2 aromatic carbocycles.